The van der Waals surface area contributed by atoms with Gasteiger partial charge in [-0.05, 0) is 6.42 Å². The summed E-state index contributed by atoms with van der Waals surface area (Å²) in [6, 6.07) is -0.683. The van der Waals surface area contributed by atoms with Gasteiger partial charge in [-0.25, -0.2) is 9.59 Å². The number of amides is 4. The van der Waals surface area contributed by atoms with Crippen molar-refractivity contribution in [2.45, 2.75) is 6.42 Å². The molecule has 1 aliphatic heterocycles. The van der Waals surface area contributed by atoms with Gasteiger partial charge in [0, 0.05) is 20.1 Å². The van der Waals surface area contributed by atoms with Crippen molar-refractivity contribution in [1.82, 2.24) is 15.1 Å². The Morgan fingerprint density at radius 2 is 2.00 bits per heavy atom. The zero-order valence-corrected chi connectivity index (χ0v) is 11.1. The van der Waals surface area contributed by atoms with Gasteiger partial charge in [0.05, 0.1) is 0 Å². The highest BCUT2D eigenvalue weighted by molar-refractivity contribution is 5.96. The molecule has 1 rings (SSSR count). The highest BCUT2D eigenvalue weighted by Gasteiger charge is 2.23. The SMILES string of the molecule is CN1CCCN(C(=O)NC(=O)COCC(=O)O)CC1=O. The Balaban J connectivity index is 2.39. The average molecular weight is 287 g/mol. The van der Waals surface area contributed by atoms with Gasteiger partial charge in [0.25, 0.3) is 5.91 Å². The minimum atomic E-state index is -1.20. The zero-order chi connectivity index (χ0) is 15.1. The lowest BCUT2D eigenvalue weighted by Crippen LogP contribution is -2.46. The summed E-state index contributed by atoms with van der Waals surface area (Å²) in [4.78, 5) is 47.6. The lowest BCUT2D eigenvalue weighted by molar-refractivity contribution is -0.143. The molecular weight excluding hydrogens is 270 g/mol. The Bertz CT molecular complexity index is 411. The number of carboxylic acid groups (broad SMARTS) is 1. The second-order valence-corrected chi connectivity index (χ2v) is 4.33. The molecule has 112 valence electrons. The third kappa shape index (κ3) is 5.22. The first-order valence-corrected chi connectivity index (χ1v) is 6.02. The van der Waals surface area contributed by atoms with E-state index in [0.29, 0.717) is 19.5 Å². The Morgan fingerprint density at radius 1 is 1.30 bits per heavy atom. The molecule has 0 saturated carbocycles. The molecule has 0 aromatic rings. The van der Waals surface area contributed by atoms with Crippen LogP contribution < -0.4 is 5.32 Å². The van der Waals surface area contributed by atoms with Crippen LogP contribution in [0.1, 0.15) is 6.42 Å². The van der Waals surface area contributed by atoms with E-state index in [2.05, 4.69) is 4.74 Å². The third-order valence-electron chi connectivity index (χ3n) is 2.67. The molecule has 1 saturated heterocycles. The maximum atomic E-state index is 11.8. The van der Waals surface area contributed by atoms with Gasteiger partial charge in [0.2, 0.25) is 5.91 Å². The van der Waals surface area contributed by atoms with Crippen LogP contribution >= 0.6 is 0 Å². The van der Waals surface area contributed by atoms with E-state index < -0.39 is 31.1 Å². The van der Waals surface area contributed by atoms with Crippen LogP contribution in [0, 0.1) is 0 Å². The summed E-state index contributed by atoms with van der Waals surface area (Å²) in [6.07, 6.45) is 0.624. The van der Waals surface area contributed by atoms with Crippen LogP contribution in [0.4, 0.5) is 4.79 Å². The molecular formula is C11H17N3O6. The molecule has 0 spiro atoms. The number of urea groups is 1. The summed E-state index contributed by atoms with van der Waals surface area (Å²) < 4.78 is 4.55. The van der Waals surface area contributed by atoms with Crippen LogP contribution in [0.25, 0.3) is 0 Å². The van der Waals surface area contributed by atoms with Gasteiger partial charge >= 0.3 is 12.0 Å². The van der Waals surface area contributed by atoms with E-state index >= 15 is 0 Å². The normalized spacial score (nSPS) is 15.8. The van der Waals surface area contributed by atoms with Crippen molar-refractivity contribution in [1.29, 1.82) is 0 Å². The van der Waals surface area contributed by atoms with Crippen molar-refractivity contribution >= 4 is 23.8 Å². The molecule has 0 bridgehead atoms. The highest BCUT2D eigenvalue weighted by atomic mass is 16.5. The van der Waals surface area contributed by atoms with E-state index in [-0.39, 0.29) is 12.5 Å². The topological polar surface area (TPSA) is 116 Å². The van der Waals surface area contributed by atoms with Gasteiger partial charge in [-0.3, -0.25) is 14.9 Å². The van der Waals surface area contributed by atoms with Gasteiger partial charge in [0.15, 0.2) is 0 Å². The summed E-state index contributed by atoms with van der Waals surface area (Å²) in [5.74, 6) is -2.15. The van der Waals surface area contributed by atoms with Gasteiger partial charge in [-0.1, -0.05) is 0 Å². The van der Waals surface area contributed by atoms with Crippen molar-refractivity contribution in [2.24, 2.45) is 0 Å². The maximum Gasteiger partial charge on any atom is 0.329 e. The van der Waals surface area contributed by atoms with Crippen LogP contribution in [0.3, 0.4) is 0 Å². The Labute approximate surface area is 115 Å². The number of ether oxygens (including phenoxy) is 1. The van der Waals surface area contributed by atoms with Crippen molar-refractivity contribution < 1.29 is 29.0 Å². The predicted molar refractivity (Wildman–Crippen MR) is 65.8 cm³/mol. The molecule has 9 nitrogen and oxygen atoms in total. The lowest BCUT2D eigenvalue weighted by Gasteiger charge is -2.19. The average Bonchev–Trinajstić information content (AvgIpc) is 2.51. The molecule has 0 aromatic heterocycles. The predicted octanol–water partition coefficient (Wildman–Crippen LogP) is -1.51. The molecule has 1 aliphatic rings. The Morgan fingerprint density at radius 3 is 2.65 bits per heavy atom. The van der Waals surface area contributed by atoms with Crippen LogP contribution in [0.2, 0.25) is 0 Å². The summed E-state index contributed by atoms with van der Waals surface area (Å²) >= 11 is 0. The molecule has 0 radical (unpaired) electrons. The molecule has 1 heterocycles. The molecule has 4 amide bonds. The number of carbonyl (C=O) groups excluding carboxylic acids is 3. The van der Waals surface area contributed by atoms with E-state index in [1.165, 1.54) is 9.80 Å². The van der Waals surface area contributed by atoms with Crippen LogP contribution in [0.15, 0.2) is 0 Å². The first-order chi connectivity index (χ1) is 9.40. The number of carboxylic acids is 1. The van der Waals surface area contributed by atoms with Gasteiger partial charge in [-0.2, -0.15) is 0 Å². The quantitative estimate of drug-likeness (QED) is 0.649. The summed E-state index contributed by atoms with van der Waals surface area (Å²) in [5, 5.41) is 10.4. The highest BCUT2D eigenvalue weighted by Crippen LogP contribution is 2.02. The zero-order valence-electron chi connectivity index (χ0n) is 11.1. The number of imide groups is 1. The van der Waals surface area contributed by atoms with E-state index in [1.54, 1.807) is 7.05 Å². The van der Waals surface area contributed by atoms with E-state index in [4.69, 9.17) is 5.11 Å². The summed E-state index contributed by atoms with van der Waals surface area (Å²) in [7, 11) is 1.65. The fraction of sp³-hybridized carbons (Fsp3) is 0.636. The van der Waals surface area contributed by atoms with Gasteiger partial charge < -0.3 is 19.6 Å². The van der Waals surface area contributed by atoms with Crippen molar-refractivity contribution in [2.75, 3.05) is 39.9 Å². The van der Waals surface area contributed by atoms with Crippen LogP contribution in [0.5, 0.6) is 0 Å². The second-order valence-electron chi connectivity index (χ2n) is 4.33. The molecule has 0 aromatic carbocycles. The molecule has 20 heavy (non-hydrogen) atoms. The number of aliphatic carboxylic acids is 1. The third-order valence-corrected chi connectivity index (χ3v) is 2.67. The Kier molecular flexibility index (Phi) is 5.91. The minimum absolute atomic E-state index is 0.0917. The molecule has 1 fully saturated rings. The number of nitrogens with zero attached hydrogens (tertiary/aromatic N) is 2. The number of nitrogens with one attached hydrogen (secondary N) is 1. The number of likely N-dealkylation sites (N-methyl/N-ethyl adjacent to an activating group) is 1. The largest absolute Gasteiger partial charge is 0.480 e. The number of rotatable bonds is 4. The molecule has 2 N–H and O–H groups in total. The minimum Gasteiger partial charge on any atom is -0.480 e. The van der Waals surface area contributed by atoms with Crippen LogP contribution in [-0.2, 0) is 19.1 Å². The molecule has 9 heteroatoms. The van der Waals surface area contributed by atoms with Gasteiger partial charge in [-0.15, -0.1) is 0 Å². The fourth-order valence-electron chi connectivity index (χ4n) is 1.63. The van der Waals surface area contributed by atoms with E-state index in [0.717, 1.165) is 0 Å². The first kappa shape index (κ1) is 15.9. The summed E-state index contributed by atoms with van der Waals surface area (Å²) in [5.41, 5.74) is 0. The molecule has 0 aliphatic carbocycles. The fourth-order valence-corrected chi connectivity index (χ4v) is 1.63. The monoisotopic (exact) mass is 287 g/mol. The molecule has 0 unspecified atom stereocenters. The van der Waals surface area contributed by atoms with Gasteiger partial charge in [0.1, 0.15) is 19.8 Å². The number of carbonyl (C=O) groups is 4. The number of hydrogen-bond donors (Lipinski definition) is 2. The van der Waals surface area contributed by atoms with E-state index in [1.807, 2.05) is 5.32 Å². The standard InChI is InChI=1S/C11H17N3O6/c1-13-3-2-4-14(5-9(13)16)11(19)12-8(15)6-20-7-10(17)18/h2-7H2,1H3,(H,17,18)(H,12,15,19). The number of hydrogen-bond acceptors (Lipinski definition) is 5. The first-order valence-electron chi connectivity index (χ1n) is 6.02. The maximum absolute atomic E-state index is 11.8. The smallest absolute Gasteiger partial charge is 0.329 e. The Hall–Kier alpha value is -2.16. The lowest BCUT2D eigenvalue weighted by atomic mass is 10.4. The van der Waals surface area contributed by atoms with Crippen LogP contribution in [-0.4, -0.2) is 78.6 Å². The summed E-state index contributed by atoms with van der Waals surface area (Å²) in [6.45, 7) is -0.316. The van der Waals surface area contributed by atoms with E-state index in [9.17, 15) is 19.2 Å². The van der Waals surface area contributed by atoms with Crippen molar-refractivity contribution in [3.63, 3.8) is 0 Å². The molecule has 0 atom stereocenters. The van der Waals surface area contributed by atoms with Crippen molar-refractivity contribution in [3.05, 3.63) is 0 Å². The second kappa shape index (κ2) is 7.43. The van der Waals surface area contributed by atoms with Crippen molar-refractivity contribution in [3.8, 4) is 0 Å².